The van der Waals surface area contributed by atoms with Crippen molar-refractivity contribution < 1.29 is 14.3 Å². The number of fused-ring (bicyclic) bond motifs is 1. The third-order valence-corrected chi connectivity index (χ3v) is 5.44. The van der Waals surface area contributed by atoms with Gasteiger partial charge in [-0.05, 0) is 36.8 Å². The van der Waals surface area contributed by atoms with Crippen LogP contribution in [0.3, 0.4) is 0 Å². The molecule has 0 saturated heterocycles. The minimum atomic E-state index is -0.0911. The zero-order chi connectivity index (χ0) is 18.8. The second-order valence-corrected chi connectivity index (χ2v) is 7.35. The Morgan fingerprint density at radius 1 is 1.19 bits per heavy atom. The molecule has 0 unspecified atom stereocenters. The predicted octanol–water partition coefficient (Wildman–Crippen LogP) is 4.85. The van der Waals surface area contributed by atoms with Crippen LogP contribution >= 0.6 is 22.9 Å². The van der Waals surface area contributed by atoms with Crippen LogP contribution in [-0.4, -0.2) is 29.1 Å². The van der Waals surface area contributed by atoms with Gasteiger partial charge in [-0.15, -0.1) is 11.3 Å². The molecule has 2 aromatic carbocycles. The maximum absolute atomic E-state index is 12.9. The Labute approximate surface area is 166 Å². The van der Waals surface area contributed by atoms with E-state index in [9.17, 15) is 4.79 Å². The molecule has 0 atom stereocenters. The molecule has 0 radical (unpaired) electrons. The van der Waals surface area contributed by atoms with Crippen LogP contribution in [0.15, 0.2) is 47.8 Å². The van der Waals surface area contributed by atoms with Crippen LogP contribution in [0.25, 0.3) is 10.6 Å². The van der Waals surface area contributed by atoms with Gasteiger partial charge in [0, 0.05) is 29.1 Å². The topological polar surface area (TPSA) is 51.7 Å². The molecule has 1 aliphatic heterocycles. The van der Waals surface area contributed by atoms with E-state index in [2.05, 4.69) is 4.98 Å². The molecule has 7 heteroatoms. The minimum Gasteiger partial charge on any atom is -0.454 e. The molecule has 0 N–H and O–H groups in total. The molecule has 0 aliphatic carbocycles. The van der Waals surface area contributed by atoms with Crippen LogP contribution in [0.1, 0.15) is 23.0 Å². The van der Waals surface area contributed by atoms with Gasteiger partial charge in [-0.25, -0.2) is 4.98 Å². The summed E-state index contributed by atoms with van der Waals surface area (Å²) in [7, 11) is 0. The maximum atomic E-state index is 12.9. The Morgan fingerprint density at radius 2 is 1.96 bits per heavy atom. The summed E-state index contributed by atoms with van der Waals surface area (Å²) in [4.78, 5) is 19.2. The lowest BCUT2D eigenvalue weighted by molar-refractivity contribution is 0.0747. The van der Waals surface area contributed by atoms with Gasteiger partial charge in [-0.3, -0.25) is 4.79 Å². The average molecular weight is 401 g/mol. The van der Waals surface area contributed by atoms with E-state index in [4.69, 9.17) is 21.1 Å². The third-order valence-electron chi connectivity index (χ3n) is 4.29. The van der Waals surface area contributed by atoms with Crippen LogP contribution in [0.4, 0.5) is 0 Å². The van der Waals surface area contributed by atoms with Gasteiger partial charge < -0.3 is 14.4 Å². The highest BCUT2D eigenvalue weighted by atomic mass is 35.5. The highest BCUT2D eigenvalue weighted by Gasteiger charge is 2.20. The van der Waals surface area contributed by atoms with E-state index in [1.807, 2.05) is 49.4 Å². The molecule has 0 spiro atoms. The quantitative estimate of drug-likeness (QED) is 0.614. The fourth-order valence-electron chi connectivity index (χ4n) is 2.85. The second-order valence-electron chi connectivity index (χ2n) is 6.05. The SMILES string of the molecule is CCN(Cc1ccc2c(c1)OCO2)C(=O)c1csc(-c2ccc(Cl)cc2)n1. The first-order valence-electron chi connectivity index (χ1n) is 8.53. The van der Waals surface area contributed by atoms with Gasteiger partial charge in [-0.2, -0.15) is 0 Å². The fourth-order valence-corrected chi connectivity index (χ4v) is 3.77. The highest BCUT2D eigenvalue weighted by Crippen LogP contribution is 2.33. The number of carbonyl (C=O) groups is 1. The molecule has 0 saturated carbocycles. The van der Waals surface area contributed by atoms with Gasteiger partial charge in [0.15, 0.2) is 11.5 Å². The van der Waals surface area contributed by atoms with Crippen molar-refractivity contribution in [2.45, 2.75) is 13.5 Å². The first kappa shape index (κ1) is 17.8. The van der Waals surface area contributed by atoms with E-state index in [0.717, 1.165) is 27.6 Å². The van der Waals surface area contributed by atoms with Gasteiger partial charge in [0.05, 0.1) is 0 Å². The molecule has 4 rings (SSSR count). The molecule has 1 amide bonds. The summed E-state index contributed by atoms with van der Waals surface area (Å²) >= 11 is 7.38. The number of benzene rings is 2. The van der Waals surface area contributed by atoms with Gasteiger partial charge >= 0.3 is 0 Å². The molecule has 3 aromatic rings. The van der Waals surface area contributed by atoms with E-state index in [1.165, 1.54) is 11.3 Å². The molecule has 0 fully saturated rings. The summed E-state index contributed by atoms with van der Waals surface area (Å²) < 4.78 is 10.7. The Morgan fingerprint density at radius 3 is 2.74 bits per heavy atom. The molecule has 0 bridgehead atoms. The highest BCUT2D eigenvalue weighted by molar-refractivity contribution is 7.13. The molecule has 27 heavy (non-hydrogen) atoms. The molecule has 1 aliphatic rings. The van der Waals surface area contributed by atoms with Crippen LogP contribution < -0.4 is 9.47 Å². The van der Waals surface area contributed by atoms with Crippen LogP contribution in [0.2, 0.25) is 5.02 Å². The number of ether oxygens (including phenoxy) is 2. The number of thiazole rings is 1. The molecule has 1 aromatic heterocycles. The van der Waals surface area contributed by atoms with Crippen molar-refractivity contribution in [1.29, 1.82) is 0 Å². The lowest BCUT2D eigenvalue weighted by Crippen LogP contribution is -2.30. The van der Waals surface area contributed by atoms with E-state index in [0.29, 0.717) is 23.8 Å². The molecular formula is C20H17ClN2O3S. The summed E-state index contributed by atoms with van der Waals surface area (Å²) in [6.45, 7) is 3.26. The summed E-state index contributed by atoms with van der Waals surface area (Å²) in [5, 5.41) is 3.27. The predicted molar refractivity (Wildman–Crippen MR) is 106 cm³/mol. The Balaban J connectivity index is 1.51. The maximum Gasteiger partial charge on any atom is 0.273 e. The van der Waals surface area contributed by atoms with E-state index in [1.54, 1.807) is 10.3 Å². The van der Waals surface area contributed by atoms with Gasteiger partial charge in [0.2, 0.25) is 6.79 Å². The first-order valence-corrected chi connectivity index (χ1v) is 9.79. The third kappa shape index (κ3) is 3.77. The van der Waals surface area contributed by atoms with Gasteiger partial charge in [0.25, 0.3) is 5.91 Å². The summed E-state index contributed by atoms with van der Waals surface area (Å²) in [6.07, 6.45) is 0. The Bertz CT molecular complexity index is 972. The zero-order valence-electron chi connectivity index (χ0n) is 14.6. The largest absolute Gasteiger partial charge is 0.454 e. The fraction of sp³-hybridized carbons (Fsp3) is 0.200. The summed E-state index contributed by atoms with van der Waals surface area (Å²) in [5.41, 5.74) is 2.39. The average Bonchev–Trinajstić information content (AvgIpc) is 3.35. The summed E-state index contributed by atoms with van der Waals surface area (Å²) in [5.74, 6) is 1.36. The van der Waals surface area contributed by atoms with E-state index >= 15 is 0 Å². The van der Waals surface area contributed by atoms with Crippen molar-refractivity contribution in [3.63, 3.8) is 0 Å². The molecular weight excluding hydrogens is 384 g/mol. The summed E-state index contributed by atoms with van der Waals surface area (Å²) in [6, 6.07) is 13.2. The number of hydrogen-bond donors (Lipinski definition) is 0. The monoisotopic (exact) mass is 400 g/mol. The standard InChI is InChI=1S/C20H17ClN2O3S/c1-2-23(10-13-3-8-17-18(9-13)26-12-25-17)20(24)16-11-27-19(22-16)14-4-6-15(21)7-5-14/h3-9,11H,2,10,12H2,1H3. The van der Waals surface area contributed by atoms with Crippen molar-refractivity contribution in [2.75, 3.05) is 13.3 Å². The van der Waals surface area contributed by atoms with Crippen molar-refractivity contribution in [2.24, 2.45) is 0 Å². The van der Waals surface area contributed by atoms with Crippen molar-refractivity contribution >= 4 is 28.8 Å². The molecule has 2 heterocycles. The zero-order valence-corrected chi connectivity index (χ0v) is 16.2. The number of hydrogen-bond acceptors (Lipinski definition) is 5. The van der Waals surface area contributed by atoms with Crippen LogP contribution in [0.5, 0.6) is 11.5 Å². The van der Waals surface area contributed by atoms with Crippen molar-refractivity contribution in [3.05, 3.63) is 64.1 Å². The molecule has 138 valence electrons. The van der Waals surface area contributed by atoms with E-state index < -0.39 is 0 Å². The Hall–Kier alpha value is -2.57. The van der Waals surface area contributed by atoms with Crippen LogP contribution in [-0.2, 0) is 6.54 Å². The number of carbonyl (C=O) groups excluding carboxylic acids is 1. The van der Waals surface area contributed by atoms with E-state index in [-0.39, 0.29) is 12.7 Å². The van der Waals surface area contributed by atoms with Gasteiger partial charge in [-0.1, -0.05) is 29.8 Å². The Kier molecular flexibility index (Phi) is 5.01. The number of nitrogens with zero attached hydrogens (tertiary/aromatic N) is 2. The van der Waals surface area contributed by atoms with Crippen LogP contribution in [0, 0.1) is 0 Å². The smallest absolute Gasteiger partial charge is 0.273 e. The van der Waals surface area contributed by atoms with Crippen molar-refractivity contribution in [3.8, 4) is 22.1 Å². The second kappa shape index (κ2) is 7.58. The normalized spacial score (nSPS) is 12.2. The lowest BCUT2D eigenvalue weighted by Gasteiger charge is -2.20. The number of rotatable bonds is 5. The molecule has 5 nitrogen and oxygen atoms in total. The number of amides is 1. The lowest BCUT2D eigenvalue weighted by atomic mass is 10.2. The van der Waals surface area contributed by atoms with Gasteiger partial charge in [0.1, 0.15) is 10.7 Å². The number of aromatic nitrogens is 1. The first-order chi connectivity index (χ1) is 13.1. The van der Waals surface area contributed by atoms with Crippen molar-refractivity contribution in [1.82, 2.24) is 9.88 Å². The minimum absolute atomic E-state index is 0.0911. The number of halogens is 1.